The molecule has 6 heteroatoms. The Morgan fingerprint density at radius 1 is 0.897 bits per heavy atom. The van der Waals surface area contributed by atoms with Crippen LogP contribution in [0.4, 0.5) is 4.39 Å². The second kappa shape index (κ2) is 9.43. The molecule has 4 nitrogen and oxygen atoms in total. The fourth-order valence-electron chi connectivity index (χ4n) is 3.17. The number of fused-ring (bicyclic) bond motifs is 1. The van der Waals surface area contributed by atoms with E-state index < -0.39 is 0 Å². The molecule has 0 radical (unpaired) electrons. The Kier molecular flexibility index (Phi) is 6.73. The van der Waals surface area contributed by atoms with Crippen LogP contribution in [0.25, 0.3) is 11.0 Å². The quantitative estimate of drug-likeness (QED) is 0.455. The highest BCUT2D eigenvalue weighted by Gasteiger charge is 2.04. The molecule has 1 N–H and O–H groups in total. The van der Waals surface area contributed by atoms with Crippen molar-refractivity contribution in [1.82, 2.24) is 9.55 Å². The highest BCUT2D eigenvalue weighted by Crippen LogP contribution is 2.17. The Balaban J connectivity index is 0.00000240. The Labute approximate surface area is 175 Å². The van der Waals surface area contributed by atoms with E-state index in [1.807, 2.05) is 28.8 Å². The molecular formula is C23H22ClFN2O2. The fourth-order valence-corrected chi connectivity index (χ4v) is 3.17. The maximum absolute atomic E-state index is 13.3. The first-order valence-electron chi connectivity index (χ1n) is 9.27. The molecule has 1 aromatic heterocycles. The molecule has 0 saturated carbocycles. The van der Waals surface area contributed by atoms with Crippen LogP contribution in [-0.4, -0.2) is 21.3 Å². The van der Waals surface area contributed by atoms with Crippen LogP contribution >= 0.6 is 12.4 Å². The first kappa shape index (κ1) is 20.7. The zero-order valence-electron chi connectivity index (χ0n) is 15.8. The van der Waals surface area contributed by atoms with Crippen LogP contribution in [0, 0.1) is 5.82 Å². The number of halogens is 2. The standard InChI is InChI=1S/C23H21FN2O2.ClH/c24-19-5-10-23-22(15-19)25-16-26(23)13-11-17-3-8-21(9-4-17)28-14-12-18-1-6-20(27)7-2-18;/h1-10,15-16,27H,11-14H2;1H. The van der Waals surface area contributed by atoms with Crippen molar-refractivity contribution in [2.75, 3.05) is 6.61 Å². The molecule has 0 unspecified atom stereocenters. The number of aromatic hydroxyl groups is 1. The summed E-state index contributed by atoms with van der Waals surface area (Å²) in [4.78, 5) is 4.26. The lowest BCUT2D eigenvalue weighted by atomic mass is 10.1. The monoisotopic (exact) mass is 412 g/mol. The van der Waals surface area contributed by atoms with E-state index in [1.54, 1.807) is 24.5 Å². The van der Waals surface area contributed by atoms with Crippen LogP contribution in [0.15, 0.2) is 73.1 Å². The van der Waals surface area contributed by atoms with E-state index in [1.165, 1.54) is 17.7 Å². The van der Waals surface area contributed by atoms with Crippen LogP contribution in [0.5, 0.6) is 11.5 Å². The summed E-state index contributed by atoms with van der Waals surface area (Å²) in [6.07, 6.45) is 3.40. The lowest BCUT2D eigenvalue weighted by Gasteiger charge is -2.08. The predicted octanol–water partition coefficient (Wildman–Crippen LogP) is 5.17. The van der Waals surface area contributed by atoms with E-state index in [-0.39, 0.29) is 24.0 Å². The van der Waals surface area contributed by atoms with E-state index >= 15 is 0 Å². The Morgan fingerprint density at radius 3 is 2.34 bits per heavy atom. The molecule has 0 aliphatic heterocycles. The topological polar surface area (TPSA) is 47.3 Å². The maximum Gasteiger partial charge on any atom is 0.125 e. The number of hydrogen-bond acceptors (Lipinski definition) is 3. The molecule has 0 amide bonds. The van der Waals surface area contributed by atoms with Gasteiger partial charge in [-0.25, -0.2) is 9.37 Å². The second-order valence-electron chi connectivity index (χ2n) is 6.73. The van der Waals surface area contributed by atoms with E-state index in [0.29, 0.717) is 12.1 Å². The molecule has 0 atom stereocenters. The number of nitrogens with zero attached hydrogens (tertiary/aromatic N) is 2. The van der Waals surface area contributed by atoms with Crippen molar-refractivity contribution < 1.29 is 14.2 Å². The Bertz CT molecular complexity index is 1060. The highest BCUT2D eigenvalue weighted by atomic mass is 35.5. The molecule has 0 spiro atoms. The number of aromatic nitrogens is 2. The Morgan fingerprint density at radius 2 is 1.59 bits per heavy atom. The first-order valence-corrected chi connectivity index (χ1v) is 9.27. The number of aryl methyl sites for hydroxylation is 2. The summed E-state index contributed by atoms with van der Waals surface area (Å²) in [7, 11) is 0. The number of rotatable bonds is 7. The zero-order valence-corrected chi connectivity index (χ0v) is 16.6. The molecule has 4 rings (SSSR count). The fraction of sp³-hybridized carbons (Fsp3) is 0.174. The van der Waals surface area contributed by atoms with E-state index in [0.717, 1.165) is 36.2 Å². The first-order chi connectivity index (χ1) is 13.7. The summed E-state index contributed by atoms with van der Waals surface area (Å²) in [5.74, 6) is 0.848. The van der Waals surface area contributed by atoms with Crippen molar-refractivity contribution in [3.63, 3.8) is 0 Å². The minimum absolute atomic E-state index is 0. The van der Waals surface area contributed by atoms with Gasteiger partial charge in [-0.05, 0) is 53.9 Å². The third kappa shape index (κ3) is 5.27. The van der Waals surface area contributed by atoms with Crippen LogP contribution in [0.2, 0.25) is 0 Å². The van der Waals surface area contributed by atoms with Crippen molar-refractivity contribution in [2.45, 2.75) is 19.4 Å². The number of phenolic OH excluding ortho intramolecular Hbond substituents is 1. The van der Waals surface area contributed by atoms with Gasteiger partial charge in [0.25, 0.3) is 0 Å². The summed E-state index contributed by atoms with van der Waals surface area (Å²) in [5.41, 5.74) is 3.95. The minimum atomic E-state index is -0.265. The van der Waals surface area contributed by atoms with Crippen LogP contribution in [-0.2, 0) is 19.4 Å². The molecule has 0 aliphatic rings. The molecule has 0 saturated heterocycles. The Hall–Kier alpha value is -3.05. The number of ether oxygens (including phenoxy) is 1. The van der Waals surface area contributed by atoms with Gasteiger partial charge in [-0.3, -0.25) is 0 Å². The van der Waals surface area contributed by atoms with E-state index in [2.05, 4.69) is 17.1 Å². The average Bonchev–Trinajstić information content (AvgIpc) is 3.11. The molecule has 0 aliphatic carbocycles. The molecule has 4 aromatic rings. The van der Waals surface area contributed by atoms with Crippen LogP contribution in [0.1, 0.15) is 11.1 Å². The van der Waals surface area contributed by atoms with Gasteiger partial charge in [0.05, 0.1) is 24.0 Å². The molecule has 0 fully saturated rings. The van der Waals surface area contributed by atoms with Crippen molar-refractivity contribution in [2.24, 2.45) is 0 Å². The summed E-state index contributed by atoms with van der Waals surface area (Å²) >= 11 is 0. The van der Waals surface area contributed by atoms with Crippen LogP contribution < -0.4 is 4.74 Å². The van der Waals surface area contributed by atoms with Gasteiger partial charge in [0.15, 0.2) is 0 Å². The lowest BCUT2D eigenvalue weighted by Crippen LogP contribution is -2.02. The minimum Gasteiger partial charge on any atom is -0.508 e. The molecular weight excluding hydrogens is 391 g/mol. The second-order valence-corrected chi connectivity index (χ2v) is 6.73. The third-order valence-corrected chi connectivity index (χ3v) is 4.74. The van der Waals surface area contributed by atoms with Gasteiger partial charge >= 0.3 is 0 Å². The van der Waals surface area contributed by atoms with E-state index in [4.69, 9.17) is 4.74 Å². The highest BCUT2D eigenvalue weighted by molar-refractivity contribution is 5.85. The summed E-state index contributed by atoms with van der Waals surface area (Å²) < 4.78 is 21.1. The number of phenols is 1. The van der Waals surface area contributed by atoms with Gasteiger partial charge in [0, 0.05) is 19.0 Å². The van der Waals surface area contributed by atoms with Gasteiger partial charge in [-0.1, -0.05) is 24.3 Å². The molecule has 3 aromatic carbocycles. The van der Waals surface area contributed by atoms with E-state index in [9.17, 15) is 9.50 Å². The van der Waals surface area contributed by atoms with Crippen molar-refractivity contribution in [1.29, 1.82) is 0 Å². The summed E-state index contributed by atoms with van der Waals surface area (Å²) in [6, 6.07) is 19.9. The molecule has 150 valence electrons. The summed E-state index contributed by atoms with van der Waals surface area (Å²) in [5, 5.41) is 9.30. The lowest BCUT2D eigenvalue weighted by molar-refractivity contribution is 0.322. The molecule has 0 bridgehead atoms. The van der Waals surface area contributed by atoms with Crippen molar-refractivity contribution in [3.8, 4) is 11.5 Å². The van der Waals surface area contributed by atoms with Gasteiger partial charge in [-0.2, -0.15) is 0 Å². The SMILES string of the molecule is Cl.Oc1ccc(CCOc2ccc(CCn3cnc4cc(F)ccc43)cc2)cc1. The smallest absolute Gasteiger partial charge is 0.125 e. The van der Waals surface area contributed by atoms with Crippen LogP contribution in [0.3, 0.4) is 0 Å². The maximum atomic E-state index is 13.3. The van der Waals surface area contributed by atoms with Gasteiger partial charge in [-0.15, -0.1) is 12.4 Å². The van der Waals surface area contributed by atoms with Gasteiger partial charge in [0.2, 0.25) is 0 Å². The normalized spacial score (nSPS) is 10.7. The largest absolute Gasteiger partial charge is 0.508 e. The van der Waals surface area contributed by atoms with Gasteiger partial charge in [0.1, 0.15) is 17.3 Å². The average molecular weight is 413 g/mol. The molecule has 29 heavy (non-hydrogen) atoms. The van der Waals surface area contributed by atoms with Crippen molar-refractivity contribution in [3.05, 3.63) is 90.0 Å². The van der Waals surface area contributed by atoms with Crippen molar-refractivity contribution >= 4 is 23.4 Å². The predicted molar refractivity (Wildman–Crippen MR) is 114 cm³/mol. The zero-order chi connectivity index (χ0) is 19.3. The number of hydrogen-bond donors (Lipinski definition) is 1. The van der Waals surface area contributed by atoms with Gasteiger partial charge < -0.3 is 14.4 Å². The third-order valence-electron chi connectivity index (χ3n) is 4.74. The number of benzene rings is 3. The number of imidazole rings is 1. The summed E-state index contributed by atoms with van der Waals surface area (Å²) in [6.45, 7) is 1.37. The molecule has 1 heterocycles.